The van der Waals surface area contributed by atoms with E-state index in [1.165, 1.54) is 19.2 Å². The highest BCUT2D eigenvalue weighted by Crippen LogP contribution is 2.31. The Balaban J connectivity index is 1.99. The summed E-state index contributed by atoms with van der Waals surface area (Å²) >= 11 is 0. The van der Waals surface area contributed by atoms with E-state index in [4.69, 9.17) is 4.74 Å². The van der Waals surface area contributed by atoms with Crippen molar-refractivity contribution >= 4 is 17.7 Å². The molecule has 2 aromatic rings. The summed E-state index contributed by atoms with van der Waals surface area (Å²) < 4.78 is 19.7. The van der Waals surface area contributed by atoms with Crippen molar-refractivity contribution in [1.82, 2.24) is 10.6 Å². The fourth-order valence-electron chi connectivity index (χ4n) is 3.07. The summed E-state index contributed by atoms with van der Waals surface area (Å²) in [6.45, 7) is 3.48. The van der Waals surface area contributed by atoms with Crippen molar-refractivity contribution in [1.29, 1.82) is 0 Å². The van der Waals surface area contributed by atoms with Gasteiger partial charge in [0.05, 0.1) is 11.1 Å². The zero-order valence-electron chi connectivity index (χ0n) is 15.2. The molecule has 0 spiro atoms. The van der Waals surface area contributed by atoms with E-state index < -0.39 is 23.5 Å². The Kier molecular flexibility index (Phi) is 4.94. The molecule has 2 N–H and O–H groups in total. The first-order valence-corrected chi connectivity index (χ1v) is 8.42. The van der Waals surface area contributed by atoms with Crippen LogP contribution in [0.3, 0.4) is 0 Å². The molecule has 1 aliphatic heterocycles. The zero-order valence-corrected chi connectivity index (χ0v) is 15.2. The van der Waals surface area contributed by atoms with Gasteiger partial charge < -0.3 is 10.1 Å². The second-order valence-electron chi connectivity index (χ2n) is 6.40. The van der Waals surface area contributed by atoms with Gasteiger partial charge in [0.15, 0.2) is 6.61 Å². The number of benzene rings is 2. The van der Waals surface area contributed by atoms with Crippen LogP contribution in [0.25, 0.3) is 0 Å². The molecule has 0 atom stereocenters. The molecule has 2 aromatic carbocycles. The maximum absolute atomic E-state index is 14.2. The minimum Gasteiger partial charge on any atom is -0.483 e. The summed E-state index contributed by atoms with van der Waals surface area (Å²) in [5.41, 5.74) is 3.38. The van der Waals surface area contributed by atoms with E-state index in [-0.39, 0.29) is 17.7 Å². The van der Waals surface area contributed by atoms with E-state index in [2.05, 4.69) is 10.6 Å². The zero-order chi connectivity index (χ0) is 19.7. The predicted octanol–water partition coefficient (Wildman–Crippen LogP) is 2.04. The van der Waals surface area contributed by atoms with Gasteiger partial charge in [0.2, 0.25) is 0 Å². The SMILES string of the molecule is CNC(=O)c1ccc(Cc2cc3c(c(C)c2C)OCC(=O)NC3=O)cc1F. The Hall–Kier alpha value is -3.22. The molecule has 0 saturated carbocycles. The van der Waals surface area contributed by atoms with Crippen LogP contribution >= 0.6 is 0 Å². The van der Waals surface area contributed by atoms with Crippen molar-refractivity contribution in [2.45, 2.75) is 20.3 Å². The first-order chi connectivity index (χ1) is 12.8. The van der Waals surface area contributed by atoms with Crippen LogP contribution in [0.5, 0.6) is 5.75 Å². The van der Waals surface area contributed by atoms with Crippen LogP contribution in [-0.4, -0.2) is 31.4 Å². The fraction of sp³-hybridized carbons (Fsp3) is 0.250. The molecule has 1 aliphatic rings. The summed E-state index contributed by atoms with van der Waals surface area (Å²) in [5.74, 6) is -1.72. The number of hydrogen-bond donors (Lipinski definition) is 2. The first kappa shape index (κ1) is 18.6. The van der Waals surface area contributed by atoms with Gasteiger partial charge >= 0.3 is 0 Å². The normalized spacial score (nSPS) is 13.3. The van der Waals surface area contributed by atoms with E-state index in [1.54, 1.807) is 12.1 Å². The van der Waals surface area contributed by atoms with Crippen LogP contribution in [0.4, 0.5) is 4.39 Å². The molecule has 0 aromatic heterocycles. The summed E-state index contributed by atoms with van der Waals surface area (Å²) in [7, 11) is 1.44. The Morgan fingerprint density at radius 1 is 1.22 bits per heavy atom. The maximum atomic E-state index is 14.2. The number of nitrogens with one attached hydrogen (secondary N) is 2. The van der Waals surface area contributed by atoms with Crippen LogP contribution in [0.1, 0.15) is 43.0 Å². The Labute approximate surface area is 155 Å². The molecule has 3 amide bonds. The van der Waals surface area contributed by atoms with E-state index in [9.17, 15) is 18.8 Å². The molecule has 0 aliphatic carbocycles. The van der Waals surface area contributed by atoms with Crippen LogP contribution < -0.4 is 15.4 Å². The lowest BCUT2D eigenvalue weighted by Gasteiger charge is -2.16. The Bertz CT molecular complexity index is 969. The van der Waals surface area contributed by atoms with Gasteiger partial charge in [0, 0.05) is 7.05 Å². The topological polar surface area (TPSA) is 84.5 Å². The van der Waals surface area contributed by atoms with Crippen LogP contribution in [0, 0.1) is 19.7 Å². The molecule has 0 saturated heterocycles. The van der Waals surface area contributed by atoms with Crippen LogP contribution in [0.15, 0.2) is 24.3 Å². The highest BCUT2D eigenvalue weighted by molar-refractivity contribution is 6.08. The number of ether oxygens (including phenoxy) is 1. The largest absolute Gasteiger partial charge is 0.483 e. The molecule has 0 unspecified atom stereocenters. The van der Waals surface area contributed by atoms with Crippen molar-refractivity contribution in [3.63, 3.8) is 0 Å². The third kappa shape index (κ3) is 3.53. The van der Waals surface area contributed by atoms with Gasteiger partial charge in [-0.3, -0.25) is 19.7 Å². The Morgan fingerprint density at radius 2 is 1.96 bits per heavy atom. The lowest BCUT2D eigenvalue weighted by molar-refractivity contribution is -0.121. The molecule has 1 heterocycles. The quantitative estimate of drug-likeness (QED) is 0.810. The van der Waals surface area contributed by atoms with Crippen molar-refractivity contribution in [2.24, 2.45) is 0 Å². The molecule has 0 bridgehead atoms. The number of carbonyl (C=O) groups is 3. The molecule has 27 heavy (non-hydrogen) atoms. The summed E-state index contributed by atoms with van der Waals surface area (Å²) in [6.07, 6.45) is 0.367. The number of fused-ring (bicyclic) bond motifs is 1. The molecule has 0 radical (unpaired) electrons. The molecule has 0 fully saturated rings. The fourth-order valence-corrected chi connectivity index (χ4v) is 3.07. The molecule has 7 heteroatoms. The summed E-state index contributed by atoms with van der Waals surface area (Å²) in [4.78, 5) is 35.4. The number of imide groups is 1. The van der Waals surface area contributed by atoms with Gasteiger partial charge in [-0.15, -0.1) is 0 Å². The average molecular weight is 370 g/mol. The van der Waals surface area contributed by atoms with Gasteiger partial charge in [-0.2, -0.15) is 0 Å². The molecular formula is C20H19FN2O4. The average Bonchev–Trinajstić information content (AvgIpc) is 2.77. The second kappa shape index (κ2) is 7.19. The Morgan fingerprint density at radius 3 is 2.63 bits per heavy atom. The smallest absolute Gasteiger partial charge is 0.264 e. The van der Waals surface area contributed by atoms with Crippen LogP contribution in [-0.2, 0) is 11.2 Å². The minimum atomic E-state index is -0.609. The monoisotopic (exact) mass is 370 g/mol. The molecule has 6 nitrogen and oxygen atoms in total. The predicted molar refractivity (Wildman–Crippen MR) is 96.5 cm³/mol. The van der Waals surface area contributed by atoms with Crippen LogP contribution in [0.2, 0.25) is 0 Å². The van der Waals surface area contributed by atoms with E-state index >= 15 is 0 Å². The third-order valence-corrected chi connectivity index (χ3v) is 4.69. The third-order valence-electron chi connectivity index (χ3n) is 4.69. The number of hydrogen-bond acceptors (Lipinski definition) is 4. The molecule has 140 valence electrons. The minimum absolute atomic E-state index is 0.0256. The number of carbonyl (C=O) groups excluding carboxylic acids is 3. The van der Waals surface area contributed by atoms with Gasteiger partial charge in [0.25, 0.3) is 17.7 Å². The maximum Gasteiger partial charge on any atom is 0.264 e. The highest BCUT2D eigenvalue weighted by atomic mass is 19.1. The van der Waals surface area contributed by atoms with Gasteiger partial charge in [-0.1, -0.05) is 6.07 Å². The van der Waals surface area contributed by atoms with Gasteiger partial charge in [-0.25, -0.2) is 4.39 Å². The van der Waals surface area contributed by atoms with Crippen molar-refractivity contribution in [3.8, 4) is 5.75 Å². The van der Waals surface area contributed by atoms with Crippen molar-refractivity contribution in [2.75, 3.05) is 13.7 Å². The van der Waals surface area contributed by atoms with Gasteiger partial charge in [0.1, 0.15) is 11.6 Å². The standard InChI is InChI=1S/C20H19FN2O4/c1-10-11(2)18-15(20(26)23-17(24)9-27-18)8-13(10)6-12-4-5-14(16(21)7-12)19(25)22-3/h4-5,7-8H,6,9H2,1-3H3,(H,22,25)(H,23,24,26). The first-order valence-electron chi connectivity index (χ1n) is 8.42. The second-order valence-corrected chi connectivity index (χ2v) is 6.40. The van der Waals surface area contributed by atoms with Gasteiger partial charge in [-0.05, 0) is 60.7 Å². The van der Waals surface area contributed by atoms with Crippen molar-refractivity contribution in [3.05, 3.63) is 63.5 Å². The van der Waals surface area contributed by atoms with Crippen molar-refractivity contribution < 1.29 is 23.5 Å². The summed E-state index contributed by atoms with van der Waals surface area (Å²) in [6, 6.07) is 6.08. The molecule has 3 rings (SSSR count). The lowest BCUT2D eigenvalue weighted by Crippen LogP contribution is -2.31. The number of rotatable bonds is 3. The van der Waals surface area contributed by atoms with E-state index in [0.29, 0.717) is 17.7 Å². The molecular weight excluding hydrogens is 351 g/mol. The summed E-state index contributed by atoms with van der Waals surface area (Å²) in [5, 5.41) is 4.66. The number of amides is 3. The highest BCUT2D eigenvalue weighted by Gasteiger charge is 2.25. The number of halogens is 1. The van der Waals surface area contributed by atoms with E-state index in [0.717, 1.165) is 16.7 Å². The lowest BCUT2D eigenvalue weighted by atomic mass is 9.93. The van der Waals surface area contributed by atoms with E-state index in [1.807, 2.05) is 13.8 Å².